The molecule has 1 saturated carbocycles. The number of nitrogens with one attached hydrogen (secondary N) is 1. The smallest absolute Gasteiger partial charge is 0.310 e. The molecule has 0 aromatic rings. The van der Waals surface area contributed by atoms with E-state index in [1.807, 2.05) is 0 Å². The molecule has 0 spiro atoms. The molecule has 1 aliphatic rings. The number of hydrogen-bond acceptors (Lipinski definition) is 3. The molecule has 0 radical (unpaired) electrons. The Balaban J connectivity index is 2.67. The van der Waals surface area contributed by atoms with E-state index in [4.69, 9.17) is 5.11 Å². The quantitative estimate of drug-likeness (QED) is 0.748. The van der Waals surface area contributed by atoms with Gasteiger partial charge in [0.15, 0.2) is 0 Å². The first kappa shape index (κ1) is 17.4. The van der Waals surface area contributed by atoms with Gasteiger partial charge in [-0.05, 0) is 26.2 Å². The number of aliphatic carboxylic acids is 1. The van der Waals surface area contributed by atoms with Gasteiger partial charge in [0, 0.05) is 19.6 Å². The summed E-state index contributed by atoms with van der Waals surface area (Å²) in [6, 6.07) is 0.0268. The van der Waals surface area contributed by atoms with Crippen LogP contribution in [0.3, 0.4) is 0 Å². The molecule has 0 aromatic heterocycles. The molecular weight excluding hydrogens is 280 g/mol. The van der Waals surface area contributed by atoms with Gasteiger partial charge in [0.2, 0.25) is 0 Å². The van der Waals surface area contributed by atoms with Crippen LogP contribution in [-0.4, -0.2) is 43.4 Å². The highest BCUT2D eigenvalue weighted by Gasteiger charge is 2.34. The summed E-state index contributed by atoms with van der Waals surface area (Å²) < 4.78 is 28.3. The Morgan fingerprint density at radius 1 is 1.35 bits per heavy atom. The van der Waals surface area contributed by atoms with Crippen LogP contribution in [0.4, 0.5) is 0 Å². The summed E-state index contributed by atoms with van der Waals surface area (Å²) in [4.78, 5) is 11.2. The van der Waals surface area contributed by atoms with E-state index < -0.39 is 21.6 Å². The van der Waals surface area contributed by atoms with Gasteiger partial charge in [-0.2, -0.15) is 12.7 Å². The van der Waals surface area contributed by atoms with Gasteiger partial charge in [-0.25, -0.2) is 4.72 Å². The van der Waals surface area contributed by atoms with Crippen molar-refractivity contribution in [2.24, 2.45) is 5.41 Å². The van der Waals surface area contributed by atoms with Gasteiger partial charge in [0.05, 0.1) is 5.41 Å². The topological polar surface area (TPSA) is 86.7 Å². The van der Waals surface area contributed by atoms with Gasteiger partial charge in [-0.15, -0.1) is 0 Å². The van der Waals surface area contributed by atoms with E-state index in [1.54, 1.807) is 20.9 Å². The van der Waals surface area contributed by atoms with Crippen LogP contribution in [0, 0.1) is 5.41 Å². The van der Waals surface area contributed by atoms with Crippen LogP contribution in [0.15, 0.2) is 0 Å². The first-order valence-electron chi connectivity index (χ1n) is 7.19. The van der Waals surface area contributed by atoms with E-state index in [2.05, 4.69) is 4.72 Å². The highest BCUT2D eigenvalue weighted by atomic mass is 32.2. The van der Waals surface area contributed by atoms with Gasteiger partial charge in [-0.1, -0.05) is 26.2 Å². The summed E-state index contributed by atoms with van der Waals surface area (Å²) in [5.41, 5.74) is -1.07. The maximum Gasteiger partial charge on any atom is 0.310 e. The number of carboxylic acids is 1. The van der Waals surface area contributed by atoms with Crippen molar-refractivity contribution in [1.29, 1.82) is 0 Å². The third-order valence-corrected chi connectivity index (χ3v) is 5.97. The summed E-state index contributed by atoms with van der Waals surface area (Å²) in [6.07, 6.45) is 5.38. The highest BCUT2D eigenvalue weighted by molar-refractivity contribution is 7.87. The average molecular weight is 306 g/mol. The minimum Gasteiger partial charge on any atom is -0.481 e. The van der Waals surface area contributed by atoms with Crippen LogP contribution in [0.2, 0.25) is 0 Å². The lowest BCUT2D eigenvalue weighted by Gasteiger charge is -2.31. The fourth-order valence-corrected chi connectivity index (χ4v) is 3.65. The van der Waals surface area contributed by atoms with Crippen LogP contribution >= 0.6 is 0 Å². The van der Waals surface area contributed by atoms with Crippen LogP contribution in [-0.2, 0) is 15.0 Å². The third kappa shape index (κ3) is 4.17. The highest BCUT2D eigenvalue weighted by Crippen LogP contribution is 2.24. The van der Waals surface area contributed by atoms with Crippen LogP contribution in [0.1, 0.15) is 52.4 Å². The Morgan fingerprint density at radius 2 is 1.90 bits per heavy atom. The summed E-state index contributed by atoms with van der Waals surface area (Å²) >= 11 is 0. The average Bonchev–Trinajstić information content (AvgIpc) is 2.44. The van der Waals surface area contributed by atoms with E-state index in [9.17, 15) is 13.2 Å². The monoisotopic (exact) mass is 306 g/mol. The van der Waals surface area contributed by atoms with E-state index in [-0.39, 0.29) is 12.6 Å². The Bertz CT molecular complexity index is 432. The zero-order valence-corrected chi connectivity index (χ0v) is 13.4. The summed E-state index contributed by atoms with van der Waals surface area (Å²) in [6.45, 7) is 3.21. The zero-order chi connectivity index (χ0) is 15.4. The second-order valence-electron chi connectivity index (χ2n) is 5.85. The van der Waals surface area contributed by atoms with Crippen molar-refractivity contribution >= 4 is 16.2 Å². The second-order valence-corrected chi connectivity index (χ2v) is 7.67. The number of hydrogen-bond donors (Lipinski definition) is 2. The maximum atomic E-state index is 12.2. The molecule has 118 valence electrons. The van der Waals surface area contributed by atoms with Crippen molar-refractivity contribution in [2.45, 2.75) is 58.4 Å². The van der Waals surface area contributed by atoms with E-state index in [1.165, 1.54) is 4.31 Å². The predicted octanol–water partition coefficient (Wildman–Crippen LogP) is 1.59. The van der Waals surface area contributed by atoms with E-state index >= 15 is 0 Å². The number of rotatable bonds is 7. The fourth-order valence-electron chi connectivity index (χ4n) is 2.35. The minimum atomic E-state index is -3.62. The molecule has 0 bridgehead atoms. The Hall–Kier alpha value is -0.660. The van der Waals surface area contributed by atoms with Crippen LogP contribution in [0.25, 0.3) is 0 Å². The summed E-state index contributed by atoms with van der Waals surface area (Å²) in [7, 11) is -2.04. The second kappa shape index (κ2) is 6.87. The van der Waals surface area contributed by atoms with Crippen molar-refractivity contribution in [3.63, 3.8) is 0 Å². The molecule has 1 fully saturated rings. The standard InChI is InChI=1S/C13H26N2O4S/c1-4-13(2,12(16)17)10-14-20(18,19)15(3)11-8-6-5-7-9-11/h11,14H,4-10H2,1-3H3,(H,16,17). The van der Waals surface area contributed by atoms with Gasteiger partial charge in [0.25, 0.3) is 10.2 Å². The van der Waals surface area contributed by atoms with Gasteiger partial charge in [-0.3, -0.25) is 4.79 Å². The summed E-state index contributed by atoms with van der Waals surface area (Å²) in [5, 5.41) is 9.17. The molecule has 2 N–H and O–H groups in total. The lowest BCUT2D eigenvalue weighted by atomic mass is 9.88. The Labute approximate surface area is 121 Å². The van der Waals surface area contributed by atoms with Gasteiger partial charge < -0.3 is 5.11 Å². The van der Waals surface area contributed by atoms with Crippen molar-refractivity contribution in [3.05, 3.63) is 0 Å². The molecule has 0 aliphatic heterocycles. The minimum absolute atomic E-state index is 0.0268. The molecule has 6 nitrogen and oxygen atoms in total. The lowest BCUT2D eigenvalue weighted by molar-refractivity contribution is -0.147. The molecule has 1 atom stereocenters. The fraction of sp³-hybridized carbons (Fsp3) is 0.923. The van der Waals surface area contributed by atoms with Gasteiger partial charge in [0.1, 0.15) is 0 Å². The Morgan fingerprint density at radius 3 is 2.35 bits per heavy atom. The molecule has 7 heteroatoms. The molecule has 0 saturated heterocycles. The molecule has 20 heavy (non-hydrogen) atoms. The van der Waals surface area contributed by atoms with Crippen molar-refractivity contribution in [1.82, 2.24) is 9.03 Å². The molecule has 1 rings (SSSR count). The number of carbonyl (C=O) groups is 1. The van der Waals surface area contributed by atoms with Crippen molar-refractivity contribution < 1.29 is 18.3 Å². The molecule has 0 heterocycles. The predicted molar refractivity (Wildman–Crippen MR) is 77.6 cm³/mol. The first-order chi connectivity index (χ1) is 9.23. The lowest BCUT2D eigenvalue weighted by Crippen LogP contribution is -2.49. The van der Waals surface area contributed by atoms with Crippen molar-refractivity contribution in [2.75, 3.05) is 13.6 Å². The van der Waals surface area contributed by atoms with E-state index in [0.29, 0.717) is 6.42 Å². The number of nitrogens with zero attached hydrogens (tertiary/aromatic N) is 1. The van der Waals surface area contributed by atoms with Gasteiger partial charge >= 0.3 is 5.97 Å². The summed E-state index contributed by atoms with van der Waals surface area (Å²) in [5.74, 6) is -0.983. The normalized spacial score (nSPS) is 20.8. The zero-order valence-electron chi connectivity index (χ0n) is 12.6. The first-order valence-corrected chi connectivity index (χ1v) is 8.63. The van der Waals surface area contributed by atoms with Crippen LogP contribution in [0.5, 0.6) is 0 Å². The largest absolute Gasteiger partial charge is 0.481 e. The SMILES string of the molecule is CCC(C)(CNS(=O)(=O)N(C)C1CCCCC1)C(=O)O. The third-order valence-electron chi connectivity index (χ3n) is 4.41. The van der Waals surface area contributed by atoms with Crippen LogP contribution < -0.4 is 4.72 Å². The number of carboxylic acid groups (broad SMARTS) is 1. The molecular formula is C13H26N2O4S. The van der Waals surface area contributed by atoms with E-state index in [0.717, 1.165) is 32.1 Å². The molecule has 1 unspecified atom stereocenters. The molecule has 1 aliphatic carbocycles. The molecule has 0 aromatic carbocycles. The Kier molecular flexibility index (Phi) is 5.97. The molecule has 0 amide bonds. The maximum absolute atomic E-state index is 12.2. The van der Waals surface area contributed by atoms with Crippen molar-refractivity contribution in [3.8, 4) is 0 Å².